The third-order valence-corrected chi connectivity index (χ3v) is 5.04. The molecule has 5 nitrogen and oxygen atoms in total. The minimum atomic E-state index is -0.372. The Balaban J connectivity index is 1.77. The van der Waals surface area contributed by atoms with Crippen LogP contribution in [0.3, 0.4) is 0 Å². The van der Waals surface area contributed by atoms with Crippen LogP contribution in [0, 0.1) is 12.8 Å². The summed E-state index contributed by atoms with van der Waals surface area (Å²) in [4.78, 5) is 27.0. The Bertz CT molecular complexity index is 860. The van der Waals surface area contributed by atoms with Crippen LogP contribution in [0.1, 0.15) is 37.3 Å². The number of hydrogen-bond acceptors (Lipinski definition) is 3. The van der Waals surface area contributed by atoms with E-state index in [1.54, 1.807) is 12.0 Å². The molecule has 2 aromatic rings. The van der Waals surface area contributed by atoms with Gasteiger partial charge in [0.1, 0.15) is 5.75 Å². The van der Waals surface area contributed by atoms with Gasteiger partial charge in [0, 0.05) is 30.4 Å². The highest BCUT2D eigenvalue weighted by atomic mass is 16.5. The molecule has 2 aromatic carbocycles. The van der Waals surface area contributed by atoms with Crippen molar-refractivity contribution in [1.82, 2.24) is 0 Å². The van der Waals surface area contributed by atoms with Gasteiger partial charge in [0.2, 0.25) is 11.8 Å². The number of nitrogens with one attached hydrogen (secondary N) is 1. The molecule has 5 heteroatoms. The maximum absolute atomic E-state index is 12.9. The van der Waals surface area contributed by atoms with Crippen molar-refractivity contribution in [3.63, 3.8) is 0 Å². The zero-order chi connectivity index (χ0) is 19.6. The van der Waals surface area contributed by atoms with E-state index in [1.165, 1.54) is 0 Å². The van der Waals surface area contributed by atoms with Gasteiger partial charge in [-0.3, -0.25) is 9.59 Å². The predicted molar refractivity (Wildman–Crippen MR) is 107 cm³/mol. The van der Waals surface area contributed by atoms with Crippen LogP contribution in [-0.2, 0) is 9.59 Å². The van der Waals surface area contributed by atoms with E-state index in [0.29, 0.717) is 18.2 Å². The molecule has 1 saturated heterocycles. The highest BCUT2D eigenvalue weighted by molar-refractivity contribution is 6.04. The quantitative estimate of drug-likeness (QED) is 0.866. The van der Waals surface area contributed by atoms with E-state index in [4.69, 9.17) is 4.74 Å². The summed E-state index contributed by atoms with van der Waals surface area (Å²) in [7, 11) is 1.59. The molecular weight excluding hydrogens is 340 g/mol. The molecule has 2 amide bonds. The van der Waals surface area contributed by atoms with E-state index in [2.05, 4.69) is 19.2 Å². The van der Waals surface area contributed by atoms with Crippen molar-refractivity contribution < 1.29 is 14.3 Å². The number of carbonyl (C=O) groups is 2. The fourth-order valence-electron chi connectivity index (χ4n) is 3.48. The third-order valence-electron chi connectivity index (χ3n) is 5.04. The first-order valence-electron chi connectivity index (χ1n) is 9.25. The molecule has 3 rings (SSSR count). The number of aryl methyl sites for hydroxylation is 1. The van der Waals surface area contributed by atoms with Crippen LogP contribution in [0.4, 0.5) is 11.4 Å². The van der Waals surface area contributed by atoms with Crippen molar-refractivity contribution in [1.29, 1.82) is 0 Å². The standard InChI is InChI=1S/C22H26N2O3/c1-14(2)19-10-5-7-15(3)21(19)23-22(26)16-11-20(25)24(13-16)17-8-6-9-18(12-17)27-4/h5-10,12,14,16H,11,13H2,1-4H3,(H,23,26)/t16-/m0/s1. The van der Waals surface area contributed by atoms with Crippen molar-refractivity contribution in [2.24, 2.45) is 5.92 Å². The average Bonchev–Trinajstić information content (AvgIpc) is 3.05. The molecule has 1 N–H and O–H groups in total. The molecule has 1 heterocycles. The van der Waals surface area contributed by atoms with Gasteiger partial charge in [-0.25, -0.2) is 0 Å². The van der Waals surface area contributed by atoms with Gasteiger partial charge in [-0.1, -0.05) is 38.1 Å². The van der Waals surface area contributed by atoms with Crippen LogP contribution in [0.2, 0.25) is 0 Å². The predicted octanol–water partition coefficient (Wildman–Crippen LogP) is 4.12. The van der Waals surface area contributed by atoms with Crippen molar-refractivity contribution in [3.8, 4) is 5.75 Å². The molecule has 0 radical (unpaired) electrons. The average molecular weight is 366 g/mol. The summed E-state index contributed by atoms with van der Waals surface area (Å²) in [6.07, 6.45) is 0.214. The molecule has 1 atom stereocenters. The van der Waals surface area contributed by atoms with Gasteiger partial charge in [0.25, 0.3) is 0 Å². The zero-order valence-corrected chi connectivity index (χ0v) is 16.3. The van der Waals surface area contributed by atoms with Gasteiger partial charge in [-0.2, -0.15) is 0 Å². The van der Waals surface area contributed by atoms with Gasteiger partial charge in [0.15, 0.2) is 0 Å². The highest BCUT2D eigenvalue weighted by Crippen LogP contribution is 2.31. The first-order chi connectivity index (χ1) is 12.9. The van der Waals surface area contributed by atoms with E-state index in [1.807, 2.05) is 49.4 Å². The Morgan fingerprint density at radius 3 is 2.67 bits per heavy atom. The van der Waals surface area contributed by atoms with Crippen molar-refractivity contribution in [2.75, 3.05) is 23.9 Å². The Morgan fingerprint density at radius 1 is 1.22 bits per heavy atom. The lowest BCUT2D eigenvalue weighted by Crippen LogP contribution is -2.28. The molecule has 1 aliphatic rings. The largest absolute Gasteiger partial charge is 0.497 e. The number of hydrogen-bond donors (Lipinski definition) is 1. The fraction of sp³-hybridized carbons (Fsp3) is 0.364. The van der Waals surface area contributed by atoms with Gasteiger partial charge in [-0.05, 0) is 36.1 Å². The summed E-state index contributed by atoms with van der Waals surface area (Å²) < 4.78 is 5.23. The summed E-state index contributed by atoms with van der Waals surface area (Å²) in [5, 5.41) is 3.07. The number of nitrogens with zero attached hydrogens (tertiary/aromatic N) is 1. The summed E-state index contributed by atoms with van der Waals surface area (Å²) in [6, 6.07) is 13.4. The van der Waals surface area contributed by atoms with Crippen LogP contribution in [-0.4, -0.2) is 25.5 Å². The second kappa shape index (κ2) is 7.82. The Labute approximate surface area is 160 Å². The van der Waals surface area contributed by atoms with Gasteiger partial charge in [-0.15, -0.1) is 0 Å². The minimum Gasteiger partial charge on any atom is -0.497 e. The maximum atomic E-state index is 12.9. The number of anilines is 2. The van der Waals surface area contributed by atoms with Gasteiger partial charge < -0.3 is 15.0 Å². The fourth-order valence-corrected chi connectivity index (χ4v) is 3.48. The van der Waals surface area contributed by atoms with Crippen LogP contribution >= 0.6 is 0 Å². The number of benzene rings is 2. The summed E-state index contributed by atoms with van der Waals surface area (Å²) in [5.74, 6) is 0.471. The first-order valence-corrected chi connectivity index (χ1v) is 9.25. The van der Waals surface area contributed by atoms with Gasteiger partial charge in [0.05, 0.1) is 13.0 Å². The molecule has 0 unspecified atom stereocenters. The van der Waals surface area contributed by atoms with Crippen LogP contribution in [0.25, 0.3) is 0 Å². The number of carbonyl (C=O) groups excluding carboxylic acids is 2. The zero-order valence-electron chi connectivity index (χ0n) is 16.3. The lowest BCUT2D eigenvalue weighted by molar-refractivity contribution is -0.122. The van der Waals surface area contributed by atoms with E-state index in [9.17, 15) is 9.59 Å². The highest BCUT2D eigenvalue weighted by Gasteiger charge is 2.35. The molecule has 27 heavy (non-hydrogen) atoms. The van der Waals surface area contributed by atoms with Crippen LogP contribution < -0.4 is 15.0 Å². The van der Waals surface area contributed by atoms with Crippen molar-refractivity contribution >= 4 is 23.2 Å². The SMILES string of the molecule is COc1cccc(N2C[C@@H](C(=O)Nc3c(C)cccc3C(C)C)CC2=O)c1. The molecule has 142 valence electrons. The number of para-hydroxylation sites is 1. The third kappa shape index (κ3) is 3.97. The van der Waals surface area contributed by atoms with E-state index in [-0.39, 0.29) is 24.2 Å². The molecule has 0 spiro atoms. The molecule has 0 aliphatic carbocycles. The molecular formula is C22H26N2O3. The Kier molecular flexibility index (Phi) is 5.49. The lowest BCUT2D eigenvalue weighted by atomic mass is 9.97. The minimum absolute atomic E-state index is 0.0442. The molecule has 0 saturated carbocycles. The summed E-state index contributed by atoms with van der Waals surface area (Å²) in [5.41, 5.74) is 3.76. The Morgan fingerprint density at radius 2 is 1.96 bits per heavy atom. The molecule has 1 aliphatic heterocycles. The molecule has 1 fully saturated rings. The Hall–Kier alpha value is -2.82. The normalized spacial score (nSPS) is 16.7. The second-order valence-electron chi connectivity index (χ2n) is 7.29. The maximum Gasteiger partial charge on any atom is 0.229 e. The van der Waals surface area contributed by atoms with Crippen LogP contribution in [0.15, 0.2) is 42.5 Å². The number of ether oxygens (including phenoxy) is 1. The van der Waals surface area contributed by atoms with Crippen LogP contribution in [0.5, 0.6) is 5.75 Å². The smallest absolute Gasteiger partial charge is 0.229 e. The monoisotopic (exact) mass is 366 g/mol. The van der Waals surface area contributed by atoms with E-state index >= 15 is 0 Å². The van der Waals surface area contributed by atoms with E-state index < -0.39 is 0 Å². The van der Waals surface area contributed by atoms with E-state index in [0.717, 1.165) is 22.5 Å². The second-order valence-corrected chi connectivity index (χ2v) is 7.29. The summed E-state index contributed by atoms with van der Waals surface area (Å²) in [6.45, 7) is 6.58. The number of rotatable bonds is 5. The topological polar surface area (TPSA) is 58.6 Å². The lowest BCUT2D eigenvalue weighted by Gasteiger charge is -2.19. The van der Waals surface area contributed by atoms with Crippen molar-refractivity contribution in [3.05, 3.63) is 53.6 Å². The number of methoxy groups -OCH3 is 1. The molecule has 0 bridgehead atoms. The summed E-state index contributed by atoms with van der Waals surface area (Å²) >= 11 is 0. The number of amides is 2. The van der Waals surface area contributed by atoms with Gasteiger partial charge >= 0.3 is 0 Å². The first kappa shape index (κ1) is 19.0. The van der Waals surface area contributed by atoms with Crippen molar-refractivity contribution in [2.45, 2.75) is 33.1 Å². The molecule has 0 aromatic heterocycles.